The number of fused-ring (bicyclic) bond motifs is 1. The van der Waals surface area contributed by atoms with Crippen LogP contribution in [0.1, 0.15) is 27.2 Å². The second kappa shape index (κ2) is 7.97. The zero-order chi connectivity index (χ0) is 17.7. The number of carboxylic acids is 1. The van der Waals surface area contributed by atoms with Gasteiger partial charge in [0.2, 0.25) is 0 Å². The second-order valence-electron chi connectivity index (χ2n) is 6.30. The minimum Gasteiger partial charge on any atom is -0.480 e. The first-order valence-corrected chi connectivity index (χ1v) is 8.10. The van der Waals surface area contributed by atoms with E-state index in [0.717, 1.165) is 17.3 Å². The zero-order valence-electron chi connectivity index (χ0n) is 14.3. The normalized spacial score (nSPS) is 12.5. The fraction of sp³-hybridized carbons (Fsp3) is 0.444. The van der Waals surface area contributed by atoms with Gasteiger partial charge in [0.1, 0.15) is 12.6 Å². The maximum absolute atomic E-state index is 12.2. The summed E-state index contributed by atoms with van der Waals surface area (Å²) in [4.78, 5) is 23.0. The number of ether oxygens (including phenoxy) is 1. The molecule has 0 aliphatic heterocycles. The number of carbonyl (C=O) groups is 2. The third-order valence-electron chi connectivity index (χ3n) is 3.78. The number of carboxylic acid groups (broad SMARTS) is 1. The van der Waals surface area contributed by atoms with Crippen molar-refractivity contribution in [2.24, 2.45) is 5.92 Å². The van der Waals surface area contributed by atoms with Gasteiger partial charge < -0.3 is 19.7 Å². The lowest BCUT2D eigenvalue weighted by Crippen LogP contribution is -2.28. The van der Waals surface area contributed by atoms with Gasteiger partial charge in [-0.25, -0.2) is 0 Å². The lowest BCUT2D eigenvalue weighted by molar-refractivity contribution is -0.137. The molecule has 24 heavy (non-hydrogen) atoms. The van der Waals surface area contributed by atoms with Crippen molar-refractivity contribution in [3.8, 4) is 0 Å². The van der Waals surface area contributed by atoms with E-state index in [0.29, 0.717) is 18.2 Å². The number of aliphatic carboxylic acids is 1. The fourth-order valence-corrected chi connectivity index (χ4v) is 2.36. The van der Waals surface area contributed by atoms with E-state index in [9.17, 15) is 9.59 Å². The third-order valence-corrected chi connectivity index (χ3v) is 3.78. The van der Waals surface area contributed by atoms with Crippen LogP contribution in [0.15, 0.2) is 30.5 Å². The van der Waals surface area contributed by atoms with Crippen LogP contribution in [0.5, 0.6) is 0 Å². The minimum absolute atomic E-state index is 0.0874. The predicted molar refractivity (Wildman–Crippen MR) is 93.1 cm³/mol. The van der Waals surface area contributed by atoms with Crippen LogP contribution in [0, 0.1) is 5.92 Å². The van der Waals surface area contributed by atoms with Gasteiger partial charge in [0.25, 0.3) is 5.91 Å². The molecule has 1 amide bonds. The zero-order valence-corrected chi connectivity index (χ0v) is 14.3. The number of benzene rings is 1. The molecule has 0 aliphatic carbocycles. The lowest BCUT2D eigenvalue weighted by atomic mass is 10.1. The van der Waals surface area contributed by atoms with Crippen molar-refractivity contribution >= 4 is 28.5 Å². The van der Waals surface area contributed by atoms with Crippen LogP contribution in [-0.2, 0) is 20.9 Å². The summed E-state index contributed by atoms with van der Waals surface area (Å²) in [6.07, 6.45) is 2.12. The number of anilines is 1. The molecule has 6 heteroatoms. The lowest BCUT2D eigenvalue weighted by Gasteiger charge is -2.14. The topological polar surface area (TPSA) is 80.6 Å². The van der Waals surface area contributed by atoms with Gasteiger partial charge >= 0.3 is 5.97 Å². The smallest absolute Gasteiger partial charge is 0.323 e. The van der Waals surface area contributed by atoms with Gasteiger partial charge in [-0.2, -0.15) is 0 Å². The quantitative estimate of drug-likeness (QED) is 0.778. The molecule has 130 valence electrons. The van der Waals surface area contributed by atoms with Gasteiger partial charge in [-0.05, 0) is 43.5 Å². The molecule has 2 rings (SSSR count). The average molecular weight is 332 g/mol. The van der Waals surface area contributed by atoms with E-state index in [4.69, 9.17) is 9.84 Å². The van der Waals surface area contributed by atoms with Crippen molar-refractivity contribution < 1.29 is 19.4 Å². The van der Waals surface area contributed by atoms with Gasteiger partial charge in [0.05, 0.1) is 0 Å². The van der Waals surface area contributed by atoms with E-state index in [1.165, 1.54) is 0 Å². The Hall–Kier alpha value is -2.34. The molecule has 0 saturated carbocycles. The molecule has 1 heterocycles. The highest BCUT2D eigenvalue weighted by Crippen LogP contribution is 2.21. The van der Waals surface area contributed by atoms with E-state index >= 15 is 0 Å². The van der Waals surface area contributed by atoms with Crippen molar-refractivity contribution in [2.45, 2.75) is 39.8 Å². The summed E-state index contributed by atoms with van der Waals surface area (Å²) in [6, 6.07) is 7.22. The molecular formula is C18H24N2O4. The molecule has 0 radical (unpaired) electrons. The number of rotatable bonds is 8. The first-order valence-electron chi connectivity index (χ1n) is 8.10. The predicted octanol–water partition coefficient (Wildman–Crippen LogP) is 3.12. The Labute approximate surface area is 141 Å². The van der Waals surface area contributed by atoms with Crippen molar-refractivity contribution in [2.75, 3.05) is 11.9 Å². The Morgan fingerprint density at radius 3 is 2.67 bits per heavy atom. The highest BCUT2D eigenvalue weighted by atomic mass is 16.5. The molecule has 2 N–H and O–H groups in total. The monoisotopic (exact) mass is 332 g/mol. The summed E-state index contributed by atoms with van der Waals surface area (Å²) in [5.74, 6) is -0.544. The van der Waals surface area contributed by atoms with Gasteiger partial charge in [0, 0.05) is 29.4 Å². The summed E-state index contributed by atoms with van der Waals surface area (Å²) >= 11 is 0. The van der Waals surface area contributed by atoms with Crippen LogP contribution in [-0.4, -0.2) is 34.3 Å². The van der Waals surface area contributed by atoms with Gasteiger partial charge in [-0.3, -0.25) is 9.59 Å². The molecule has 1 atom stereocenters. The van der Waals surface area contributed by atoms with Crippen molar-refractivity contribution in [1.29, 1.82) is 0 Å². The van der Waals surface area contributed by atoms with Crippen molar-refractivity contribution in [3.63, 3.8) is 0 Å². The Morgan fingerprint density at radius 2 is 2.00 bits per heavy atom. The van der Waals surface area contributed by atoms with Crippen LogP contribution in [0.3, 0.4) is 0 Å². The molecular weight excluding hydrogens is 308 g/mol. The highest BCUT2D eigenvalue weighted by molar-refractivity contribution is 5.96. The largest absolute Gasteiger partial charge is 0.480 e. The minimum atomic E-state index is -0.891. The Balaban J connectivity index is 1.99. The molecule has 0 fully saturated rings. The molecule has 1 aromatic heterocycles. The van der Waals surface area contributed by atoms with E-state index in [-0.39, 0.29) is 12.5 Å². The summed E-state index contributed by atoms with van der Waals surface area (Å²) in [5, 5.41) is 12.6. The Morgan fingerprint density at radius 1 is 1.25 bits per heavy atom. The Kier molecular flexibility index (Phi) is 5.98. The van der Waals surface area contributed by atoms with E-state index < -0.39 is 12.1 Å². The van der Waals surface area contributed by atoms with Crippen LogP contribution < -0.4 is 5.32 Å². The van der Waals surface area contributed by atoms with Crippen molar-refractivity contribution in [1.82, 2.24) is 4.57 Å². The highest BCUT2D eigenvalue weighted by Gasteiger charge is 2.14. The van der Waals surface area contributed by atoms with Crippen LogP contribution >= 0.6 is 0 Å². The molecule has 0 bridgehead atoms. The maximum atomic E-state index is 12.2. The van der Waals surface area contributed by atoms with Crippen molar-refractivity contribution in [3.05, 3.63) is 30.5 Å². The van der Waals surface area contributed by atoms with Crippen LogP contribution in [0.4, 0.5) is 5.69 Å². The molecule has 2 aromatic rings. The molecule has 1 aromatic carbocycles. The number of nitrogens with one attached hydrogen (secondary N) is 1. The average Bonchev–Trinajstić information content (AvgIpc) is 2.88. The number of nitrogens with zero attached hydrogens (tertiary/aromatic N) is 1. The number of aromatic nitrogens is 1. The van der Waals surface area contributed by atoms with Crippen LogP contribution in [0.25, 0.3) is 10.9 Å². The van der Waals surface area contributed by atoms with Gasteiger partial charge in [0.15, 0.2) is 0 Å². The van der Waals surface area contributed by atoms with E-state index in [1.54, 1.807) is 29.8 Å². The Bertz CT molecular complexity index is 721. The molecule has 0 aliphatic rings. The summed E-state index contributed by atoms with van der Waals surface area (Å²) in [5.41, 5.74) is 1.48. The summed E-state index contributed by atoms with van der Waals surface area (Å²) < 4.78 is 7.19. The molecule has 0 saturated heterocycles. The maximum Gasteiger partial charge on any atom is 0.323 e. The number of amides is 1. The first-order chi connectivity index (χ1) is 11.4. The first kappa shape index (κ1) is 18.0. The third kappa shape index (κ3) is 4.83. The standard InChI is InChI=1S/C18H24N2O4/c1-12(2)7-9-24-13(3)18(23)19-15-4-5-16-14(10-15)6-8-20(16)11-17(21)22/h4-6,8,10,12-13H,7,9,11H2,1-3H3,(H,19,23)(H,21,22). The SMILES string of the molecule is CC(C)CCOC(C)C(=O)Nc1ccc2c(ccn2CC(=O)O)c1. The number of carbonyl (C=O) groups excluding carboxylic acids is 1. The number of hydrogen-bond acceptors (Lipinski definition) is 3. The number of hydrogen-bond donors (Lipinski definition) is 2. The fourth-order valence-electron chi connectivity index (χ4n) is 2.36. The van der Waals surface area contributed by atoms with E-state index in [2.05, 4.69) is 19.2 Å². The summed E-state index contributed by atoms with van der Waals surface area (Å²) in [6.45, 7) is 6.43. The van der Waals surface area contributed by atoms with Crippen LogP contribution in [0.2, 0.25) is 0 Å². The summed E-state index contributed by atoms with van der Waals surface area (Å²) in [7, 11) is 0. The molecule has 6 nitrogen and oxygen atoms in total. The molecule has 0 spiro atoms. The van der Waals surface area contributed by atoms with Gasteiger partial charge in [-0.1, -0.05) is 13.8 Å². The molecule has 1 unspecified atom stereocenters. The van der Waals surface area contributed by atoms with E-state index in [1.807, 2.05) is 12.1 Å². The second-order valence-corrected chi connectivity index (χ2v) is 6.30. The van der Waals surface area contributed by atoms with Gasteiger partial charge in [-0.15, -0.1) is 0 Å².